The molecule has 3 N–H and O–H groups in total. The summed E-state index contributed by atoms with van der Waals surface area (Å²) in [4.78, 5) is 6.91. The van der Waals surface area contributed by atoms with Crippen LogP contribution in [-0.2, 0) is 10.0 Å². The van der Waals surface area contributed by atoms with E-state index >= 15 is 0 Å². The molecule has 0 aliphatic heterocycles. The van der Waals surface area contributed by atoms with Gasteiger partial charge >= 0.3 is 0 Å². The van der Waals surface area contributed by atoms with Crippen LogP contribution < -0.4 is 15.4 Å². The highest BCUT2D eigenvalue weighted by Gasteiger charge is 2.22. The van der Waals surface area contributed by atoms with E-state index in [1.54, 1.807) is 0 Å². The molecule has 0 unspecified atom stereocenters. The minimum Gasteiger partial charge on any atom is -0.357 e. The molecule has 0 aromatic carbocycles. The third kappa shape index (κ3) is 13.7. The fourth-order valence-electron chi connectivity index (χ4n) is 2.57. The number of nitrogens with zero attached hydrogens (tertiary/aromatic N) is 2. The number of nitrogens with one attached hydrogen (secondary N) is 3. The van der Waals surface area contributed by atoms with Gasteiger partial charge in [0.1, 0.15) is 0 Å². The van der Waals surface area contributed by atoms with Crippen molar-refractivity contribution in [2.45, 2.75) is 66.1 Å². The van der Waals surface area contributed by atoms with E-state index in [0.29, 0.717) is 24.6 Å². The highest BCUT2D eigenvalue weighted by atomic mass is 127. The molecule has 0 aromatic rings. The number of aliphatic imine (C=N–C) groups is 1. The Morgan fingerprint density at radius 2 is 1.64 bits per heavy atom. The maximum absolute atomic E-state index is 11.4. The first-order chi connectivity index (χ1) is 10.9. The lowest BCUT2D eigenvalue weighted by Gasteiger charge is -2.30. The number of sulfonamides is 1. The minimum absolute atomic E-state index is 0. The quantitative estimate of drug-likeness (QED) is 0.246. The van der Waals surface area contributed by atoms with Gasteiger partial charge in [-0.2, -0.15) is 0 Å². The summed E-state index contributed by atoms with van der Waals surface area (Å²) in [6, 6.07) is 0.980. The van der Waals surface area contributed by atoms with Gasteiger partial charge in [-0.05, 0) is 48.5 Å². The van der Waals surface area contributed by atoms with Crippen molar-refractivity contribution in [1.82, 2.24) is 20.3 Å². The molecule has 0 radical (unpaired) electrons. The van der Waals surface area contributed by atoms with E-state index in [2.05, 4.69) is 52.9 Å². The Balaban J connectivity index is 0. The van der Waals surface area contributed by atoms with Crippen LogP contribution in [0.25, 0.3) is 0 Å². The van der Waals surface area contributed by atoms with Gasteiger partial charge in [-0.15, -0.1) is 24.0 Å². The zero-order valence-corrected chi connectivity index (χ0v) is 20.2. The second-order valence-electron chi connectivity index (χ2n) is 7.31. The summed E-state index contributed by atoms with van der Waals surface area (Å²) in [6.07, 6.45) is 1.16. The summed E-state index contributed by atoms with van der Waals surface area (Å²) >= 11 is 0. The number of hydrogen-bond acceptors (Lipinski definition) is 4. The van der Waals surface area contributed by atoms with Crippen LogP contribution in [0.4, 0.5) is 0 Å². The standard InChI is InChI=1S/C16H37N5O2S.HI/c1-9-17-15(18-10-11-21(13(2)3)14(4)5)19-12-16(6,7)20-24(8,22)23;/h13-14,20H,9-12H2,1-8H3,(H2,17,18,19);1H. The first kappa shape index (κ1) is 27.1. The molecule has 25 heavy (non-hydrogen) atoms. The van der Waals surface area contributed by atoms with E-state index in [9.17, 15) is 8.42 Å². The first-order valence-electron chi connectivity index (χ1n) is 8.65. The van der Waals surface area contributed by atoms with Crippen molar-refractivity contribution in [3.8, 4) is 0 Å². The van der Waals surface area contributed by atoms with Crippen LogP contribution in [0.3, 0.4) is 0 Å². The highest BCUT2D eigenvalue weighted by molar-refractivity contribution is 14.0. The molecule has 0 amide bonds. The molecule has 0 fully saturated rings. The van der Waals surface area contributed by atoms with Gasteiger partial charge in [-0.1, -0.05) is 0 Å². The summed E-state index contributed by atoms with van der Waals surface area (Å²) in [6.45, 7) is 17.2. The fourth-order valence-corrected chi connectivity index (χ4v) is 3.64. The lowest BCUT2D eigenvalue weighted by Crippen LogP contribution is -2.48. The van der Waals surface area contributed by atoms with E-state index in [4.69, 9.17) is 0 Å². The van der Waals surface area contributed by atoms with Crippen LogP contribution in [0.1, 0.15) is 48.5 Å². The molecule has 9 heteroatoms. The van der Waals surface area contributed by atoms with Gasteiger partial charge in [-0.25, -0.2) is 13.1 Å². The Kier molecular flexibility index (Phi) is 13.3. The molecule has 0 rings (SSSR count). The van der Waals surface area contributed by atoms with E-state index in [0.717, 1.165) is 25.9 Å². The number of halogens is 1. The predicted molar refractivity (Wildman–Crippen MR) is 118 cm³/mol. The molecule has 7 nitrogen and oxygen atoms in total. The average molecular weight is 491 g/mol. The molecule has 0 heterocycles. The molecule has 0 spiro atoms. The second kappa shape index (κ2) is 12.3. The lowest BCUT2D eigenvalue weighted by molar-refractivity contribution is 0.178. The second-order valence-corrected chi connectivity index (χ2v) is 9.05. The monoisotopic (exact) mass is 491 g/mol. The van der Waals surface area contributed by atoms with Crippen LogP contribution >= 0.6 is 24.0 Å². The Hall–Kier alpha value is -0.130. The normalized spacial score (nSPS) is 13.3. The van der Waals surface area contributed by atoms with Crippen LogP contribution in [0.5, 0.6) is 0 Å². The number of hydrogen-bond donors (Lipinski definition) is 3. The van der Waals surface area contributed by atoms with E-state index in [1.165, 1.54) is 0 Å². The summed E-state index contributed by atoms with van der Waals surface area (Å²) < 4.78 is 25.4. The molecule has 0 bridgehead atoms. The summed E-state index contributed by atoms with van der Waals surface area (Å²) in [7, 11) is -3.26. The largest absolute Gasteiger partial charge is 0.357 e. The summed E-state index contributed by atoms with van der Waals surface area (Å²) in [5, 5.41) is 6.51. The molecular formula is C16H38IN5O2S. The smallest absolute Gasteiger partial charge is 0.209 e. The summed E-state index contributed by atoms with van der Waals surface area (Å²) in [5.41, 5.74) is -0.627. The predicted octanol–water partition coefficient (Wildman–Crippen LogP) is 1.61. The van der Waals surface area contributed by atoms with Crippen molar-refractivity contribution < 1.29 is 8.42 Å². The van der Waals surface area contributed by atoms with Gasteiger partial charge in [0.05, 0.1) is 12.8 Å². The minimum atomic E-state index is -3.26. The van der Waals surface area contributed by atoms with Crippen molar-refractivity contribution in [3.63, 3.8) is 0 Å². The van der Waals surface area contributed by atoms with Crippen molar-refractivity contribution in [1.29, 1.82) is 0 Å². The molecule has 0 atom stereocenters. The van der Waals surface area contributed by atoms with Gasteiger partial charge in [0.15, 0.2) is 5.96 Å². The number of rotatable bonds is 10. The Morgan fingerprint density at radius 1 is 1.12 bits per heavy atom. The van der Waals surface area contributed by atoms with Crippen LogP contribution in [0, 0.1) is 0 Å². The molecule has 0 saturated heterocycles. The molecule has 0 aliphatic rings. The number of guanidine groups is 1. The molecule has 0 aromatic heterocycles. The zero-order chi connectivity index (χ0) is 19.0. The lowest BCUT2D eigenvalue weighted by atomic mass is 10.1. The molecule has 0 aliphatic carbocycles. The highest BCUT2D eigenvalue weighted by Crippen LogP contribution is 2.05. The molecular weight excluding hydrogens is 453 g/mol. The maximum atomic E-state index is 11.4. The first-order valence-corrected chi connectivity index (χ1v) is 10.5. The summed E-state index contributed by atoms with van der Waals surface area (Å²) in [5.74, 6) is 0.702. The molecule has 0 saturated carbocycles. The average Bonchev–Trinajstić information content (AvgIpc) is 2.37. The van der Waals surface area contributed by atoms with Crippen molar-refractivity contribution in [2.75, 3.05) is 32.4 Å². The van der Waals surface area contributed by atoms with Gasteiger partial charge in [0.25, 0.3) is 0 Å². The van der Waals surface area contributed by atoms with Crippen molar-refractivity contribution in [2.24, 2.45) is 4.99 Å². The van der Waals surface area contributed by atoms with Gasteiger partial charge in [-0.3, -0.25) is 9.89 Å². The molecule has 152 valence electrons. The Bertz CT molecular complexity index is 485. The van der Waals surface area contributed by atoms with Gasteiger partial charge < -0.3 is 10.6 Å². The van der Waals surface area contributed by atoms with Crippen LogP contribution in [0.2, 0.25) is 0 Å². The SMILES string of the molecule is CCNC(=NCC(C)(C)NS(C)(=O)=O)NCCN(C(C)C)C(C)C.I. The van der Waals surface area contributed by atoms with Crippen LogP contribution in [0.15, 0.2) is 4.99 Å². The van der Waals surface area contributed by atoms with E-state index in [-0.39, 0.29) is 24.0 Å². The Labute approximate surface area is 171 Å². The van der Waals surface area contributed by atoms with Gasteiger partial charge in [0.2, 0.25) is 10.0 Å². The maximum Gasteiger partial charge on any atom is 0.209 e. The zero-order valence-electron chi connectivity index (χ0n) is 17.0. The third-order valence-corrected chi connectivity index (χ3v) is 4.35. The topological polar surface area (TPSA) is 85.8 Å². The van der Waals surface area contributed by atoms with Crippen LogP contribution in [-0.4, -0.2) is 69.3 Å². The third-order valence-electron chi connectivity index (χ3n) is 3.43. The fraction of sp³-hybridized carbons (Fsp3) is 0.938. The van der Waals surface area contributed by atoms with Crippen molar-refractivity contribution >= 4 is 40.0 Å². The van der Waals surface area contributed by atoms with E-state index in [1.807, 2.05) is 20.8 Å². The Morgan fingerprint density at radius 3 is 2.04 bits per heavy atom. The van der Waals surface area contributed by atoms with Crippen molar-refractivity contribution in [3.05, 3.63) is 0 Å². The van der Waals surface area contributed by atoms with E-state index < -0.39 is 15.6 Å². The van der Waals surface area contributed by atoms with Gasteiger partial charge in [0, 0.05) is 37.3 Å².